The SMILES string of the molecule is C[C@@H](NC(=O)c1ccc2c(c1)N(Cc1ccc(Cl)cc1)C(=O)[C@@H](N)CS2(=O)=O)C1CCOCC1. The monoisotopic (exact) mass is 505 g/mol. The lowest BCUT2D eigenvalue weighted by atomic mass is 9.93. The van der Waals surface area contributed by atoms with Crippen molar-refractivity contribution in [1.29, 1.82) is 0 Å². The van der Waals surface area contributed by atoms with Crippen LogP contribution in [0.15, 0.2) is 47.4 Å². The molecule has 2 atom stereocenters. The Morgan fingerprint density at radius 1 is 1.21 bits per heavy atom. The minimum Gasteiger partial charge on any atom is -0.381 e. The first-order valence-corrected chi connectivity index (χ1v) is 13.3. The summed E-state index contributed by atoms with van der Waals surface area (Å²) in [4.78, 5) is 27.5. The van der Waals surface area contributed by atoms with Gasteiger partial charge in [0.1, 0.15) is 0 Å². The number of hydrogen-bond acceptors (Lipinski definition) is 6. The zero-order valence-corrected chi connectivity index (χ0v) is 20.4. The second-order valence-electron chi connectivity index (χ2n) is 8.83. The lowest BCUT2D eigenvalue weighted by molar-refractivity contribution is -0.119. The van der Waals surface area contributed by atoms with Gasteiger partial charge in [0.25, 0.3) is 5.91 Å². The van der Waals surface area contributed by atoms with E-state index in [-0.39, 0.29) is 34.6 Å². The number of nitrogens with one attached hydrogen (secondary N) is 1. The molecule has 1 saturated heterocycles. The van der Waals surface area contributed by atoms with Gasteiger partial charge in [-0.3, -0.25) is 9.59 Å². The first kappa shape index (κ1) is 24.7. The number of hydrogen-bond donors (Lipinski definition) is 2. The molecule has 10 heteroatoms. The van der Waals surface area contributed by atoms with Crippen LogP contribution >= 0.6 is 11.6 Å². The standard InChI is InChI=1S/C24H28ClN3O5S/c1-15(17-8-10-33-11-9-17)27-23(29)18-4-7-22-21(12-18)28(13-16-2-5-19(25)6-3-16)24(30)20(26)14-34(22,31)32/h2-7,12,15,17,20H,8-11,13-14,26H2,1H3,(H,27,29)/t15-,20+/m1/s1. The van der Waals surface area contributed by atoms with Gasteiger partial charge in [0.15, 0.2) is 9.84 Å². The lowest BCUT2D eigenvalue weighted by Crippen LogP contribution is -2.45. The number of nitrogens with two attached hydrogens (primary N) is 1. The molecule has 3 N–H and O–H groups in total. The molecule has 34 heavy (non-hydrogen) atoms. The third-order valence-corrected chi connectivity index (χ3v) is 8.48. The highest BCUT2D eigenvalue weighted by atomic mass is 35.5. The van der Waals surface area contributed by atoms with Crippen molar-refractivity contribution < 1.29 is 22.7 Å². The number of nitrogens with zero attached hydrogens (tertiary/aromatic N) is 1. The minimum absolute atomic E-state index is 0.0169. The van der Waals surface area contributed by atoms with Crippen LogP contribution in [-0.4, -0.2) is 51.3 Å². The van der Waals surface area contributed by atoms with Crippen molar-refractivity contribution >= 4 is 38.9 Å². The van der Waals surface area contributed by atoms with Crippen molar-refractivity contribution in [3.63, 3.8) is 0 Å². The molecule has 2 amide bonds. The predicted molar refractivity (Wildman–Crippen MR) is 130 cm³/mol. The van der Waals surface area contributed by atoms with Crippen molar-refractivity contribution in [3.8, 4) is 0 Å². The van der Waals surface area contributed by atoms with Crippen LogP contribution in [0.5, 0.6) is 0 Å². The summed E-state index contributed by atoms with van der Waals surface area (Å²) in [5.41, 5.74) is 7.14. The largest absolute Gasteiger partial charge is 0.381 e. The number of carbonyl (C=O) groups is 2. The average Bonchev–Trinajstić information content (AvgIpc) is 2.89. The van der Waals surface area contributed by atoms with E-state index < -0.39 is 27.5 Å². The molecular formula is C24H28ClN3O5S. The van der Waals surface area contributed by atoms with E-state index in [0.717, 1.165) is 18.4 Å². The van der Waals surface area contributed by atoms with Crippen LogP contribution in [0.3, 0.4) is 0 Å². The summed E-state index contributed by atoms with van der Waals surface area (Å²) in [5.74, 6) is -1.04. The van der Waals surface area contributed by atoms with Crippen molar-refractivity contribution in [2.24, 2.45) is 11.7 Å². The van der Waals surface area contributed by atoms with Crippen LogP contribution in [0, 0.1) is 5.92 Å². The van der Waals surface area contributed by atoms with E-state index in [1.54, 1.807) is 24.3 Å². The second kappa shape index (κ2) is 10.0. The summed E-state index contributed by atoms with van der Waals surface area (Å²) in [5, 5.41) is 3.56. The molecule has 2 aromatic rings. The molecule has 0 radical (unpaired) electrons. The van der Waals surface area contributed by atoms with E-state index in [1.807, 2.05) is 6.92 Å². The molecule has 0 spiro atoms. The number of amides is 2. The summed E-state index contributed by atoms with van der Waals surface area (Å²) in [6, 6.07) is 9.94. The van der Waals surface area contributed by atoms with Crippen LogP contribution in [-0.2, 0) is 25.9 Å². The first-order chi connectivity index (χ1) is 16.2. The number of sulfone groups is 1. The fourth-order valence-electron chi connectivity index (χ4n) is 4.41. The number of ether oxygens (including phenoxy) is 1. The fraction of sp³-hybridized carbons (Fsp3) is 0.417. The number of fused-ring (bicyclic) bond motifs is 1. The maximum absolute atomic E-state index is 13.1. The number of anilines is 1. The third kappa shape index (κ3) is 5.27. The van der Waals surface area contributed by atoms with Gasteiger partial charge in [0, 0.05) is 29.8 Å². The number of benzene rings is 2. The van der Waals surface area contributed by atoms with Crippen LogP contribution in [0.1, 0.15) is 35.7 Å². The topological polar surface area (TPSA) is 119 Å². The van der Waals surface area contributed by atoms with Crippen LogP contribution < -0.4 is 16.0 Å². The molecule has 0 bridgehead atoms. The second-order valence-corrected chi connectivity index (χ2v) is 11.3. The predicted octanol–water partition coefficient (Wildman–Crippen LogP) is 2.53. The molecule has 0 saturated carbocycles. The van der Waals surface area contributed by atoms with Gasteiger partial charge in [-0.05, 0) is 61.6 Å². The summed E-state index contributed by atoms with van der Waals surface area (Å²) in [7, 11) is -3.83. The summed E-state index contributed by atoms with van der Waals surface area (Å²) >= 11 is 5.97. The molecule has 0 aliphatic carbocycles. The average molecular weight is 506 g/mol. The Kier molecular flexibility index (Phi) is 7.28. The highest BCUT2D eigenvalue weighted by molar-refractivity contribution is 7.91. The van der Waals surface area contributed by atoms with E-state index in [2.05, 4.69) is 5.32 Å². The zero-order valence-electron chi connectivity index (χ0n) is 18.9. The van der Waals surface area contributed by atoms with Crippen LogP contribution in [0.4, 0.5) is 5.69 Å². The van der Waals surface area contributed by atoms with Crippen molar-refractivity contribution in [1.82, 2.24) is 5.32 Å². The summed E-state index contributed by atoms with van der Waals surface area (Å²) in [6.07, 6.45) is 1.73. The van der Waals surface area contributed by atoms with Gasteiger partial charge in [-0.1, -0.05) is 23.7 Å². The van der Waals surface area contributed by atoms with Gasteiger partial charge in [-0.25, -0.2) is 8.42 Å². The Morgan fingerprint density at radius 2 is 1.88 bits per heavy atom. The van der Waals surface area contributed by atoms with E-state index in [9.17, 15) is 18.0 Å². The van der Waals surface area contributed by atoms with Gasteiger partial charge in [-0.15, -0.1) is 0 Å². The molecule has 4 rings (SSSR count). The van der Waals surface area contributed by atoms with E-state index >= 15 is 0 Å². The molecule has 0 aromatic heterocycles. The van der Waals surface area contributed by atoms with Gasteiger partial charge in [0.05, 0.1) is 28.9 Å². The maximum Gasteiger partial charge on any atom is 0.251 e. The van der Waals surface area contributed by atoms with Crippen molar-refractivity contribution in [3.05, 3.63) is 58.6 Å². The quantitative estimate of drug-likeness (QED) is 0.644. The molecule has 2 heterocycles. The van der Waals surface area contributed by atoms with Crippen molar-refractivity contribution in [2.75, 3.05) is 23.9 Å². The van der Waals surface area contributed by atoms with Crippen LogP contribution in [0.2, 0.25) is 5.02 Å². The molecule has 2 aromatic carbocycles. The molecule has 0 unspecified atom stereocenters. The minimum atomic E-state index is -3.83. The fourth-order valence-corrected chi connectivity index (χ4v) is 6.09. The molecule has 1 fully saturated rings. The molecule has 2 aliphatic rings. The van der Waals surface area contributed by atoms with E-state index in [1.165, 1.54) is 23.1 Å². The normalized spacial score (nSPS) is 21.4. The highest BCUT2D eigenvalue weighted by Crippen LogP contribution is 2.33. The Labute approximate surface area is 204 Å². The number of rotatable bonds is 5. The zero-order chi connectivity index (χ0) is 24.5. The van der Waals surface area contributed by atoms with Gasteiger partial charge in [0.2, 0.25) is 5.91 Å². The van der Waals surface area contributed by atoms with E-state index in [0.29, 0.717) is 24.2 Å². The summed E-state index contributed by atoms with van der Waals surface area (Å²) < 4.78 is 31.3. The number of carbonyl (C=O) groups excluding carboxylic acids is 2. The first-order valence-electron chi connectivity index (χ1n) is 11.2. The highest BCUT2D eigenvalue weighted by Gasteiger charge is 2.36. The van der Waals surface area contributed by atoms with Gasteiger partial charge >= 0.3 is 0 Å². The van der Waals surface area contributed by atoms with Gasteiger partial charge in [-0.2, -0.15) is 0 Å². The lowest BCUT2D eigenvalue weighted by Gasteiger charge is -2.28. The van der Waals surface area contributed by atoms with Crippen molar-refractivity contribution in [2.45, 2.75) is 43.3 Å². The van der Waals surface area contributed by atoms with Crippen LogP contribution in [0.25, 0.3) is 0 Å². The third-order valence-electron chi connectivity index (χ3n) is 6.41. The van der Waals surface area contributed by atoms with Gasteiger partial charge < -0.3 is 20.7 Å². The molecule has 2 aliphatic heterocycles. The Balaban J connectivity index is 1.68. The Hall–Kier alpha value is -2.46. The Bertz CT molecular complexity index is 1180. The smallest absolute Gasteiger partial charge is 0.251 e. The molecule has 8 nitrogen and oxygen atoms in total. The Morgan fingerprint density at radius 3 is 2.56 bits per heavy atom. The summed E-state index contributed by atoms with van der Waals surface area (Å²) in [6.45, 7) is 3.39. The van der Waals surface area contributed by atoms with E-state index in [4.69, 9.17) is 22.1 Å². The maximum atomic E-state index is 13.1. The number of halogens is 1. The molecular weight excluding hydrogens is 478 g/mol. The molecule has 182 valence electrons.